The van der Waals surface area contributed by atoms with Gasteiger partial charge in [-0.3, -0.25) is 4.79 Å². The molecule has 0 bridgehead atoms. The highest BCUT2D eigenvalue weighted by atomic mass is 33.2. The molecule has 7 nitrogen and oxygen atoms in total. The SMILES string of the molecule is C=C(CCCOP(P(P)P)P(P)P)C1([C@H](C)C(=O)[C@@H](C)OP(P(P)P)P(PP)P(P)P)OC(=O)O[C@@H]1C1C[C@H](OP(P(P)P(P)P)P(P(P)P)P(P)P)C(C)=CC1(C)C. The van der Waals surface area contributed by atoms with E-state index in [0.717, 1.165) is 0 Å². The number of allylic oxidation sites excluding steroid dienone is 1. The second kappa shape index (κ2) is 32.1. The lowest BCUT2D eigenvalue weighted by Crippen LogP contribution is -2.57. The van der Waals surface area contributed by atoms with Crippen LogP contribution in [0.2, 0.25) is 0 Å². The van der Waals surface area contributed by atoms with E-state index in [0.29, 0.717) is 39.4 Å². The summed E-state index contributed by atoms with van der Waals surface area (Å²) in [4.78, 5) is 28.8. The summed E-state index contributed by atoms with van der Waals surface area (Å²) >= 11 is 0. The lowest BCUT2D eigenvalue weighted by molar-refractivity contribution is -0.137. The number of Topliss-reactive ketones (excluding diaryl/α,β-unsaturated/α-hetero) is 1. The molecule has 0 aromatic rings. The van der Waals surface area contributed by atoms with Crippen LogP contribution in [0.4, 0.5) is 4.79 Å². The number of rotatable bonds is 25. The van der Waals surface area contributed by atoms with Gasteiger partial charge in [-0.05, 0) is 98.6 Å². The minimum absolute atomic E-state index is 0.102. The molecule has 1 saturated heterocycles. The molecule has 0 N–H and O–H groups in total. The average Bonchev–Trinajstić information content (AvgIpc) is 3.46. The standard InChI is InChI=1S/C22H64O7P30/c1-12-11-21(5,6)16(10-17(12)29-49(57(45)53(37)38)59(55(41)42)56(43)44)19-22(27-20(24)26-19,13(2)8-7-9-25-47(50(31)32)51(33)34)14(3)18(23)15(4)28-48(52(35)36)58(46-30)54(39)40/h11,14-17,19,46H,2,7-10,30-45H2,1,3-6H3/t14-,15-,16?,17+,19-,22?,48?,49?,57?,58?/m1/s1. The highest BCUT2D eigenvalue weighted by Crippen LogP contribution is 3.18. The quantitative estimate of drug-likeness (QED) is 0.0390. The Morgan fingerprint density at radius 1 is 0.864 bits per heavy atom. The van der Waals surface area contributed by atoms with Gasteiger partial charge in [0.15, 0.2) is 17.5 Å². The molecule has 1 heterocycles. The number of hydrogen-bond acceptors (Lipinski definition) is 7. The summed E-state index contributed by atoms with van der Waals surface area (Å²) in [5.41, 5.74) is 0.0539. The van der Waals surface area contributed by atoms with Crippen molar-refractivity contribution in [2.24, 2.45) is 17.3 Å². The summed E-state index contributed by atoms with van der Waals surface area (Å²) in [6.07, 6.45) is 1.72. The Bertz CT molecular complexity index is 1390. The molecule has 0 radical (unpaired) electrons. The molecule has 1 aliphatic heterocycles. The minimum Gasteiger partial charge on any atom is -0.426 e. The van der Waals surface area contributed by atoms with Gasteiger partial charge in [-0.1, -0.05) is 50.3 Å². The predicted octanol–water partition coefficient (Wildman–Crippen LogP) is 21.0. The average molecular weight is 1370 g/mol. The van der Waals surface area contributed by atoms with Gasteiger partial charge in [0.25, 0.3) is 0 Å². The van der Waals surface area contributed by atoms with Gasteiger partial charge in [0.2, 0.25) is 0 Å². The van der Waals surface area contributed by atoms with Crippen molar-refractivity contribution in [3.05, 3.63) is 23.8 Å². The summed E-state index contributed by atoms with van der Waals surface area (Å²) in [6.45, 7) is 11.4. The van der Waals surface area contributed by atoms with Crippen LogP contribution in [-0.4, -0.2) is 42.5 Å². The summed E-state index contributed by atoms with van der Waals surface area (Å²) < 4.78 is 33.6. The third-order valence-electron chi connectivity index (χ3n) is 9.19. The monoisotopic (exact) mass is 1370 g/mol. The van der Waals surface area contributed by atoms with Gasteiger partial charge in [0.1, 0.15) is 6.10 Å². The van der Waals surface area contributed by atoms with Crippen LogP contribution in [-0.2, 0) is 27.8 Å². The summed E-state index contributed by atoms with van der Waals surface area (Å²) in [7, 11) is 46.6. The molecule has 2 aliphatic rings. The van der Waals surface area contributed by atoms with Gasteiger partial charge >= 0.3 is 6.16 Å². The van der Waals surface area contributed by atoms with E-state index in [1.165, 1.54) is 5.57 Å². The van der Waals surface area contributed by atoms with E-state index in [2.05, 4.69) is 176 Å². The van der Waals surface area contributed by atoms with E-state index >= 15 is 0 Å². The molecule has 0 aromatic heterocycles. The van der Waals surface area contributed by atoms with Crippen molar-refractivity contribution < 1.29 is 32.6 Å². The molecule has 37 heteroatoms. The van der Waals surface area contributed by atoms with Crippen molar-refractivity contribution in [3.63, 3.8) is 0 Å². The molecule has 0 spiro atoms. The third-order valence-corrected chi connectivity index (χ3v) is 150. The van der Waals surface area contributed by atoms with E-state index in [-0.39, 0.29) is 45.8 Å². The molecule has 0 aromatic carbocycles. The van der Waals surface area contributed by atoms with Crippen molar-refractivity contribution >= 4 is 255 Å². The Labute approximate surface area is 409 Å². The number of ether oxygens (including phenoxy) is 2. The van der Waals surface area contributed by atoms with Crippen LogP contribution in [0.25, 0.3) is 0 Å². The largest absolute Gasteiger partial charge is 0.509 e. The van der Waals surface area contributed by atoms with E-state index in [9.17, 15) is 9.59 Å². The molecule has 0 saturated carbocycles. The van der Waals surface area contributed by atoms with Crippen molar-refractivity contribution in [1.82, 2.24) is 0 Å². The lowest BCUT2D eigenvalue weighted by atomic mass is 9.61. The highest BCUT2D eigenvalue weighted by Gasteiger charge is 2.64. The van der Waals surface area contributed by atoms with Gasteiger partial charge in [0, 0.05) is 26.9 Å². The number of hydrogen-bond donors (Lipinski definition) is 0. The van der Waals surface area contributed by atoms with E-state index in [1.807, 2.05) is 13.8 Å². The fourth-order valence-corrected chi connectivity index (χ4v) is 202. The molecule has 59 heavy (non-hydrogen) atoms. The van der Waals surface area contributed by atoms with Gasteiger partial charge in [-0.15, -0.1) is 134 Å². The topological polar surface area (TPSA) is 80.3 Å². The Hall–Kier alpha value is 11.2. The second-order valence-electron chi connectivity index (χ2n) is 13.7. The summed E-state index contributed by atoms with van der Waals surface area (Å²) in [5, 5.41) is 0. The van der Waals surface area contributed by atoms with Gasteiger partial charge in [0.05, 0.1) is 41.2 Å². The van der Waals surface area contributed by atoms with Crippen molar-refractivity contribution in [2.75, 3.05) is 6.61 Å². The zero-order valence-corrected chi connectivity index (χ0v) is 64.5. The number of cyclic esters (lactones) is 2. The fourth-order valence-electron chi connectivity index (χ4n) is 6.56. The van der Waals surface area contributed by atoms with Crippen LogP contribution in [0.1, 0.15) is 53.9 Å². The van der Waals surface area contributed by atoms with Crippen LogP contribution >= 0.6 is 243 Å². The first-order valence-corrected chi connectivity index (χ1v) is 69.2. The van der Waals surface area contributed by atoms with Crippen molar-refractivity contribution in [1.29, 1.82) is 0 Å². The summed E-state index contributed by atoms with van der Waals surface area (Å²) in [5.74, 6) is -1.11. The zero-order valence-electron chi connectivity index (χ0n) is 33.4. The van der Waals surface area contributed by atoms with Crippen molar-refractivity contribution in [3.8, 4) is 0 Å². The zero-order chi connectivity index (χ0) is 45.5. The first-order valence-electron chi connectivity index (χ1n) is 17.0. The van der Waals surface area contributed by atoms with Crippen LogP contribution < -0.4 is 0 Å². The number of ketones is 1. The number of carbonyl (C=O) groups is 2. The molecule has 344 valence electrons. The minimum atomic E-state index is -1.41. The maximum absolute atomic E-state index is 15.0. The Balaban J connectivity index is 2.72. The Kier molecular flexibility index (Phi) is 36.0. The van der Waals surface area contributed by atoms with E-state index in [4.69, 9.17) is 23.0 Å². The predicted molar refractivity (Wildman–Crippen MR) is 357 cm³/mol. The smallest absolute Gasteiger partial charge is 0.426 e. The van der Waals surface area contributed by atoms with Crippen LogP contribution in [0, 0.1) is 17.3 Å². The molecular weight excluding hydrogens is 1310 g/mol. The first-order chi connectivity index (χ1) is 27.2. The molecule has 27 atom stereocenters. The molecule has 2 rings (SSSR count). The fraction of sp³-hybridized carbons (Fsp3) is 0.727. The Morgan fingerprint density at radius 3 is 1.86 bits per heavy atom. The number of carbonyl (C=O) groups excluding carboxylic acids is 2. The van der Waals surface area contributed by atoms with E-state index < -0.39 is 99.8 Å². The van der Waals surface area contributed by atoms with Gasteiger partial charge in [-0.25, -0.2) is 4.79 Å². The van der Waals surface area contributed by atoms with E-state index in [1.54, 1.807) is 0 Å². The maximum Gasteiger partial charge on any atom is 0.509 e. The normalized spacial score (nSPS) is 25.8. The van der Waals surface area contributed by atoms with Crippen molar-refractivity contribution in [2.45, 2.75) is 77.8 Å². The molecule has 1 aliphatic carbocycles. The third kappa shape index (κ3) is 19.6. The van der Waals surface area contributed by atoms with Gasteiger partial charge in [-0.2, -0.15) is 0 Å². The van der Waals surface area contributed by atoms with Crippen LogP contribution in [0.15, 0.2) is 23.8 Å². The highest BCUT2D eigenvalue weighted by molar-refractivity contribution is 9.19. The van der Waals surface area contributed by atoms with Crippen LogP contribution in [0.3, 0.4) is 0 Å². The summed E-state index contributed by atoms with van der Waals surface area (Å²) in [6, 6.07) is 0. The molecule has 23 unspecified atom stereocenters. The molecule has 0 amide bonds. The lowest BCUT2D eigenvalue weighted by Gasteiger charge is -2.49. The first kappa shape index (κ1) is 66.3. The second-order valence-corrected chi connectivity index (χ2v) is 121. The molecule has 1 fully saturated rings. The maximum atomic E-state index is 15.0. The van der Waals surface area contributed by atoms with Gasteiger partial charge < -0.3 is 23.0 Å². The van der Waals surface area contributed by atoms with Crippen LogP contribution in [0.5, 0.6) is 0 Å². The Morgan fingerprint density at radius 2 is 1.41 bits per heavy atom. The molecular formula is C22H64O7P30.